The standard InChI is InChI=1S/C13H12BrClFN3O/c1-2-19-13(20)12(15)11(7-18-19)17-6-8-5-9(16)3-4-10(8)14/h3-5,7,17H,2,6H2,1H3. The van der Waals surface area contributed by atoms with Crippen molar-refractivity contribution in [1.29, 1.82) is 0 Å². The first-order valence-corrected chi connectivity index (χ1v) is 7.13. The van der Waals surface area contributed by atoms with Crippen LogP contribution in [0.2, 0.25) is 5.02 Å². The maximum absolute atomic E-state index is 13.2. The molecule has 2 aromatic rings. The Morgan fingerprint density at radius 1 is 1.50 bits per heavy atom. The second kappa shape index (κ2) is 6.37. The Hall–Kier alpha value is -1.40. The van der Waals surface area contributed by atoms with Crippen molar-refractivity contribution in [1.82, 2.24) is 9.78 Å². The van der Waals surface area contributed by atoms with E-state index in [1.54, 1.807) is 6.07 Å². The SMILES string of the molecule is CCn1ncc(NCc2cc(F)ccc2Br)c(Cl)c1=O. The van der Waals surface area contributed by atoms with Crippen molar-refractivity contribution in [3.8, 4) is 0 Å². The number of hydrogen-bond acceptors (Lipinski definition) is 3. The van der Waals surface area contributed by atoms with Gasteiger partial charge >= 0.3 is 0 Å². The third-order valence-electron chi connectivity index (χ3n) is 2.76. The molecule has 1 aromatic carbocycles. The average molecular weight is 361 g/mol. The number of rotatable bonds is 4. The van der Waals surface area contributed by atoms with Crippen LogP contribution in [0.4, 0.5) is 10.1 Å². The minimum atomic E-state index is -0.350. The Balaban J connectivity index is 2.21. The van der Waals surface area contributed by atoms with Crippen LogP contribution < -0.4 is 10.9 Å². The van der Waals surface area contributed by atoms with Crippen LogP contribution in [-0.4, -0.2) is 9.78 Å². The molecule has 0 aliphatic carbocycles. The highest BCUT2D eigenvalue weighted by molar-refractivity contribution is 9.10. The van der Waals surface area contributed by atoms with Gasteiger partial charge in [0.1, 0.15) is 10.8 Å². The lowest BCUT2D eigenvalue weighted by molar-refractivity contribution is 0.616. The lowest BCUT2D eigenvalue weighted by Crippen LogP contribution is -2.23. The third kappa shape index (κ3) is 3.19. The Kier molecular flexibility index (Phi) is 4.77. The fourth-order valence-electron chi connectivity index (χ4n) is 1.68. The van der Waals surface area contributed by atoms with Crippen LogP contribution in [-0.2, 0) is 13.1 Å². The molecule has 2 rings (SSSR count). The summed E-state index contributed by atoms with van der Waals surface area (Å²) in [6, 6.07) is 4.40. The minimum absolute atomic E-state index is 0.0781. The predicted octanol–water partition coefficient (Wildman–Crippen LogP) is 3.43. The third-order valence-corrected chi connectivity index (χ3v) is 3.90. The molecule has 1 aromatic heterocycles. The van der Waals surface area contributed by atoms with Gasteiger partial charge in [0, 0.05) is 17.6 Å². The van der Waals surface area contributed by atoms with Gasteiger partial charge < -0.3 is 5.32 Å². The Morgan fingerprint density at radius 3 is 2.95 bits per heavy atom. The summed E-state index contributed by atoms with van der Waals surface area (Å²) < 4.78 is 15.2. The van der Waals surface area contributed by atoms with Crippen LogP contribution in [0.1, 0.15) is 12.5 Å². The number of aromatic nitrogens is 2. The number of halogens is 3. The molecule has 0 aliphatic heterocycles. The first kappa shape index (κ1) is 15.0. The maximum atomic E-state index is 13.2. The van der Waals surface area contributed by atoms with Crippen molar-refractivity contribution in [3.05, 3.63) is 55.6 Å². The van der Waals surface area contributed by atoms with E-state index in [1.807, 2.05) is 6.92 Å². The van der Waals surface area contributed by atoms with Gasteiger partial charge in [0.05, 0.1) is 11.9 Å². The van der Waals surface area contributed by atoms with Crippen LogP contribution in [0.15, 0.2) is 33.7 Å². The molecule has 0 amide bonds. The zero-order valence-electron chi connectivity index (χ0n) is 10.7. The molecule has 4 nitrogen and oxygen atoms in total. The molecule has 1 heterocycles. The zero-order valence-corrected chi connectivity index (χ0v) is 13.0. The van der Waals surface area contributed by atoms with Crippen molar-refractivity contribution in [2.24, 2.45) is 0 Å². The number of benzene rings is 1. The number of nitrogens with zero attached hydrogens (tertiary/aromatic N) is 2. The second-order valence-electron chi connectivity index (χ2n) is 4.08. The van der Waals surface area contributed by atoms with Crippen LogP contribution in [0.25, 0.3) is 0 Å². The quantitative estimate of drug-likeness (QED) is 0.908. The molecule has 7 heteroatoms. The van der Waals surface area contributed by atoms with E-state index in [0.717, 1.165) is 10.0 Å². The van der Waals surface area contributed by atoms with Gasteiger partial charge in [-0.2, -0.15) is 5.10 Å². The van der Waals surface area contributed by atoms with E-state index in [4.69, 9.17) is 11.6 Å². The Morgan fingerprint density at radius 2 is 2.25 bits per heavy atom. The van der Waals surface area contributed by atoms with Gasteiger partial charge in [-0.25, -0.2) is 9.07 Å². The predicted molar refractivity (Wildman–Crippen MR) is 80.6 cm³/mol. The summed E-state index contributed by atoms with van der Waals surface area (Å²) in [4.78, 5) is 11.8. The van der Waals surface area contributed by atoms with Gasteiger partial charge in [0.2, 0.25) is 0 Å². The smallest absolute Gasteiger partial charge is 0.287 e. The molecule has 1 N–H and O–H groups in total. The van der Waals surface area contributed by atoms with E-state index in [0.29, 0.717) is 18.8 Å². The van der Waals surface area contributed by atoms with E-state index < -0.39 is 0 Å². The number of hydrogen-bond donors (Lipinski definition) is 1. The summed E-state index contributed by atoms with van der Waals surface area (Å²) in [7, 11) is 0. The number of nitrogens with one attached hydrogen (secondary N) is 1. The molecule has 0 fully saturated rings. The van der Waals surface area contributed by atoms with Gasteiger partial charge in [0.15, 0.2) is 0 Å². The molecule has 106 valence electrons. The molecular formula is C13H12BrClFN3O. The Bertz CT molecular complexity index is 690. The molecule has 0 atom stereocenters. The van der Waals surface area contributed by atoms with Gasteiger partial charge in [-0.1, -0.05) is 27.5 Å². The minimum Gasteiger partial charge on any atom is -0.378 e. The van der Waals surface area contributed by atoms with Crippen LogP contribution in [0.5, 0.6) is 0 Å². The van der Waals surface area contributed by atoms with Crippen molar-refractivity contribution < 1.29 is 4.39 Å². The van der Waals surface area contributed by atoms with E-state index >= 15 is 0 Å². The van der Waals surface area contributed by atoms with Gasteiger partial charge in [-0.05, 0) is 30.7 Å². The van der Waals surface area contributed by atoms with Crippen molar-refractivity contribution in [2.45, 2.75) is 20.0 Å². The van der Waals surface area contributed by atoms with Crippen molar-refractivity contribution in [2.75, 3.05) is 5.32 Å². The van der Waals surface area contributed by atoms with Crippen LogP contribution >= 0.6 is 27.5 Å². The molecule has 0 bridgehead atoms. The fraction of sp³-hybridized carbons (Fsp3) is 0.231. The van der Waals surface area contributed by atoms with E-state index in [1.165, 1.54) is 23.0 Å². The van der Waals surface area contributed by atoms with Crippen molar-refractivity contribution >= 4 is 33.2 Å². The molecule has 0 aliphatic rings. The maximum Gasteiger partial charge on any atom is 0.287 e. The van der Waals surface area contributed by atoms with Gasteiger partial charge in [0.25, 0.3) is 5.56 Å². The van der Waals surface area contributed by atoms with E-state index in [9.17, 15) is 9.18 Å². The molecule has 0 saturated heterocycles. The molecule has 20 heavy (non-hydrogen) atoms. The van der Waals surface area contributed by atoms with Crippen LogP contribution in [0, 0.1) is 5.82 Å². The highest BCUT2D eigenvalue weighted by Gasteiger charge is 2.09. The average Bonchev–Trinajstić information content (AvgIpc) is 2.44. The molecule has 0 radical (unpaired) electrons. The number of anilines is 1. The van der Waals surface area contributed by atoms with E-state index in [-0.39, 0.29) is 16.4 Å². The van der Waals surface area contributed by atoms with E-state index in [2.05, 4.69) is 26.3 Å². The van der Waals surface area contributed by atoms with Gasteiger partial charge in [-0.3, -0.25) is 4.79 Å². The lowest BCUT2D eigenvalue weighted by Gasteiger charge is -2.10. The monoisotopic (exact) mass is 359 g/mol. The second-order valence-corrected chi connectivity index (χ2v) is 5.31. The summed E-state index contributed by atoms with van der Waals surface area (Å²) in [5.74, 6) is -0.323. The first-order valence-electron chi connectivity index (χ1n) is 5.96. The summed E-state index contributed by atoms with van der Waals surface area (Å²) in [6.07, 6.45) is 1.49. The lowest BCUT2D eigenvalue weighted by atomic mass is 10.2. The first-order chi connectivity index (χ1) is 9.52. The summed E-state index contributed by atoms with van der Waals surface area (Å²) in [6.45, 7) is 2.59. The van der Waals surface area contributed by atoms with Gasteiger partial charge in [-0.15, -0.1) is 0 Å². The summed E-state index contributed by atoms with van der Waals surface area (Å²) >= 11 is 9.33. The molecule has 0 unspecified atom stereocenters. The summed E-state index contributed by atoms with van der Waals surface area (Å²) in [5.41, 5.74) is 0.802. The fourth-order valence-corrected chi connectivity index (χ4v) is 2.28. The van der Waals surface area contributed by atoms with Crippen molar-refractivity contribution in [3.63, 3.8) is 0 Å². The normalized spacial score (nSPS) is 10.6. The zero-order chi connectivity index (χ0) is 14.7. The highest BCUT2D eigenvalue weighted by Crippen LogP contribution is 2.21. The largest absolute Gasteiger partial charge is 0.378 e. The number of aryl methyl sites for hydroxylation is 1. The molecule has 0 saturated carbocycles. The highest BCUT2D eigenvalue weighted by atomic mass is 79.9. The Labute approximate surface area is 128 Å². The molecular weight excluding hydrogens is 349 g/mol. The summed E-state index contributed by atoms with van der Waals surface area (Å²) in [5, 5.41) is 7.04. The topological polar surface area (TPSA) is 46.9 Å². The molecule has 0 spiro atoms. The van der Waals surface area contributed by atoms with Crippen LogP contribution in [0.3, 0.4) is 0 Å².